The summed E-state index contributed by atoms with van der Waals surface area (Å²) in [5.74, 6) is 0. The van der Waals surface area contributed by atoms with Crippen LogP contribution in [-0.4, -0.2) is 28.8 Å². The molecular weight excluding hydrogens is 232 g/mol. The summed E-state index contributed by atoms with van der Waals surface area (Å²) in [6, 6.07) is 6.08. The molecule has 1 atom stereocenters. The molecule has 0 aromatic heterocycles. The first kappa shape index (κ1) is 12.3. The predicted octanol–water partition coefficient (Wildman–Crippen LogP) is 1.59. The summed E-state index contributed by atoms with van der Waals surface area (Å²) in [5, 5.41) is 10.0. The number of aryl methyl sites for hydroxylation is 1. The Morgan fingerprint density at radius 1 is 1.53 bits per heavy atom. The summed E-state index contributed by atoms with van der Waals surface area (Å²) in [6.07, 6.45) is 0.775. The Morgan fingerprint density at radius 3 is 2.76 bits per heavy atom. The number of hydrogen-bond donors (Lipinski definition) is 2. The van der Waals surface area contributed by atoms with Crippen molar-refractivity contribution in [1.82, 2.24) is 0 Å². The number of hydrogen-bond acceptors (Lipinski definition) is 3. The SMILES string of the molecule is Cc1ccc(N2CCC(C)(O)C2)c(C(N)=S)c1. The first-order valence-corrected chi connectivity index (χ1v) is 6.18. The van der Waals surface area contributed by atoms with Crippen LogP contribution in [-0.2, 0) is 0 Å². The van der Waals surface area contributed by atoms with Crippen molar-refractivity contribution >= 4 is 22.9 Å². The number of nitrogens with two attached hydrogens (primary N) is 1. The van der Waals surface area contributed by atoms with Gasteiger partial charge in [-0.1, -0.05) is 23.8 Å². The third-order valence-corrected chi connectivity index (χ3v) is 3.43. The molecule has 4 heteroatoms. The van der Waals surface area contributed by atoms with E-state index < -0.39 is 5.60 Å². The van der Waals surface area contributed by atoms with Crippen molar-refractivity contribution in [2.75, 3.05) is 18.0 Å². The van der Waals surface area contributed by atoms with E-state index in [-0.39, 0.29) is 0 Å². The highest BCUT2D eigenvalue weighted by Gasteiger charge is 2.32. The molecule has 1 aromatic carbocycles. The molecule has 0 bridgehead atoms. The number of benzene rings is 1. The van der Waals surface area contributed by atoms with Gasteiger partial charge in [0.1, 0.15) is 4.99 Å². The second-order valence-electron chi connectivity index (χ2n) is 5.05. The Bertz CT molecular complexity index is 457. The highest BCUT2D eigenvalue weighted by molar-refractivity contribution is 7.80. The molecule has 1 fully saturated rings. The lowest BCUT2D eigenvalue weighted by Crippen LogP contribution is -2.30. The average molecular weight is 250 g/mol. The molecule has 0 aliphatic carbocycles. The molecule has 0 amide bonds. The van der Waals surface area contributed by atoms with Crippen LogP contribution in [0.1, 0.15) is 24.5 Å². The molecule has 0 radical (unpaired) electrons. The molecule has 2 rings (SSSR count). The first-order valence-electron chi connectivity index (χ1n) is 5.77. The average Bonchev–Trinajstić information content (AvgIpc) is 2.58. The van der Waals surface area contributed by atoms with Gasteiger partial charge in [-0.2, -0.15) is 0 Å². The van der Waals surface area contributed by atoms with Crippen LogP contribution in [0.5, 0.6) is 0 Å². The predicted molar refractivity (Wildman–Crippen MR) is 74.5 cm³/mol. The molecule has 1 aliphatic rings. The third-order valence-electron chi connectivity index (χ3n) is 3.21. The number of rotatable bonds is 2. The van der Waals surface area contributed by atoms with Gasteiger partial charge < -0.3 is 15.7 Å². The Hall–Kier alpha value is -1.13. The molecule has 1 aliphatic heterocycles. The number of β-amino-alcohol motifs (C(OH)–C–C–N with tert-alkyl or cyclic N) is 1. The molecule has 92 valence electrons. The molecule has 0 saturated carbocycles. The normalized spacial score (nSPS) is 24.1. The van der Waals surface area contributed by atoms with Gasteiger partial charge in [-0.05, 0) is 32.4 Å². The monoisotopic (exact) mass is 250 g/mol. The maximum atomic E-state index is 10.0. The standard InChI is InChI=1S/C13H18N2OS/c1-9-3-4-11(10(7-9)12(14)17)15-6-5-13(2,16)8-15/h3-4,7,16H,5-6,8H2,1-2H3,(H2,14,17). The van der Waals surface area contributed by atoms with Crippen LogP contribution < -0.4 is 10.6 Å². The zero-order valence-electron chi connectivity index (χ0n) is 10.2. The Labute approximate surface area is 107 Å². The van der Waals surface area contributed by atoms with E-state index in [0.29, 0.717) is 11.5 Å². The van der Waals surface area contributed by atoms with Crippen LogP contribution >= 0.6 is 12.2 Å². The number of nitrogens with zero attached hydrogens (tertiary/aromatic N) is 1. The zero-order valence-corrected chi connectivity index (χ0v) is 11.0. The van der Waals surface area contributed by atoms with Gasteiger partial charge in [0.05, 0.1) is 5.60 Å². The van der Waals surface area contributed by atoms with Crippen molar-refractivity contribution < 1.29 is 5.11 Å². The Kier molecular flexibility index (Phi) is 3.10. The number of thiocarbonyl (C=S) groups is 1. The van der Waals surface area contributed by atoms with Gasteiger partial charge in [0.2, 0.25) is 0 Å². The molecule has 3 nitrogen and oxygen atoms in total. The van der Waals surface area contributed by atoms with Crippen molar-refractivity contribution in [2.45, 2.75) is 25.9 Å². The van der Waals surface area contributed by atoms with E-state index in [0.717, 1.165) is 29.8 Å². The minimum atomic E-state index is -0.613. The van der Waals surface area contributed by atoms with Gasteiger partial charge in [-0.25, -0.2) is 0 Å². The topological polar surface area (TPSA) is 49.5 Å². The summed E-state index contributed by atoms with van der Waals surface area (Å²) in [6.45, 7) is 5.35. The van der Waals surface area contributed by atoms with Gasteiger partial charge in [0.15, 0.2) is 0 Å². The third kappa shape index (κ3) is 2.58. The first-order chi connectivity index (χ1) is 7.89. The van der Waals surface area contributed by atoms with Crippen LogP contribution in [0.15, 0.2) is 18.2 Å². The lowest BCUT2D eigenvalue weighted by atomic mass is 10.1. The van der Waals surface area contributed by atoms with E-state index in [4.69, 9.17) is 18.0 Å². The fourth-order valence-corrected chi connectivity index (χ4v) is 2.44. The summed E-state index contributed by atoms with van der Waals surface area (Å²) in [5.41, 5.74) is 8.22. The summed E-state index contributed by atoms with van der Waals surface area (Å²) in [4.78, 5) is 2.56. The second-order valence-corrected chi connectivity index (χ2v) is 5.49. The van der Waals surface area contributed by atoms with Crippen LogP contribution in [0.25, 0.3) is 0 Å². The minimum Gasteiger partial charge on any atom is -0.389 e. The van der Waals surface area contributed by atoms with Gasteiger partial charge >= 0.3 is 0 Å². The number of aliphatic hydroxyl groups is 1. The molecule has 1 aromatic rings. The zero-order chi connectivity index (χ0) is 12.6. The molecule has 3 N–H and O–H groups in total. The lowest BCUT2D eigenvalue weighted by Gasteiger charge is -2.23. The van der Waals surface area contributed by atoms with Gasteiger partial charge in [0.25, 0.3) is 0 Å². The Balaban J connectivity index is 2.36. The van der Waals surface area contributed by atoms with E-state index in [1.54, 1.807) is 0 Å². The molecule has 0 spiro atoms. The van der Waals surface area contributed by atoms with Crippen molar-refractivity contribution in [3.63, 3.8) is 0 Å². The maximum absolute atomic E-state index is 10.0. The maximum Gasteiger partial charge on any atom is 0.106 e. The van der Waals surface area contributed by atoms with E-state index in [9.17, 15) is 5.11 Å². The van der Waals surface area contributed by atoms with Gasteiger partial charge in [-0.3, -0.25) is 0 Å². The molecule has 1 saturated heterocycles. The van der Waals surface area contributed by atoms with Crippen molar-refractivity contribution in [3.05, 3.63) is 29.3 Å². The van der Waals surface area contributed by atoms with Crippen LogP contribution in [0.2, 0.25) is 0 Å². The van der Waals surface area contributed by atoms with Crippen LogP contribution in [0, 0.1) is 6.92 Å². The van der Waals surface area contributed by atoms with E-state index in [2.05, 4.69) is 4.90 Å². The van der Waals surface area contributed by atoms with Crippen LogP contribution in [0.3, 0.4) is 0 Å². The quantitative estimate of drug-likeness (QED) is 0.783. The summed E-state index contributed by atoms with van der Waals surface area (Å²) >= 11 is 5.09. The van der Waals surface area contributed by atoms with E-state index in [1.165, 1.54) is 0 Å². The lowest BCUT2D eigenvalue weighted by molar-refractivity contribution is 0.0839. The Morgan fingerprint density at radius 2 is 2.24 bits per heavy atom. The van der Waals surface area contributed by atoms with Crippen molar-refractivity contribution in [3.8, 4) is 0 Å². The van der Waals surface area contributed by atoms with Crippen LogP contribution in [0.4, 0.5) is 5.69 Å². The van der Waals surface area contributed by atoms with E-state index in [1.807, 2.05) is 32.0 Å². The van der Waals surface area contributed by atoms with Crippen molar-refractivity contribution in [2.24, 2.45) is 5.73 Å². The summed E-state index contributed by atoms with van der Waals surface area (Å²) in [7, 11) is 0. The highest BCUT2D eigenvalue weighted by atomic mass is 32.1. The van der Waals surface area contributed by atoms with E-state index >= 15 is 0 Å². The second kappa shape index (κ2) is 4.27. The smallest absolute Gasteiger partial charge is 0.106 e. The van der Waals surface area contributed by atoms with Crippen molar-refractivity contribution in [1.29, 1.82) is 0 Å². The minimum absolute atomic E-state index is 0.412. The fraction of sp³-hybridized carbons (Fsp3) is 0.462. The molecular formula is C13H18N2OS. The number of anilines is 1. The largest absolute Gasteiger partial charge is 0.389 e. The summed E-state index contributed by atoms with van der Waals surface area (Å²) < 4.78 is 0. The van der Waals surface area contributed by atoms with Gasteiger partial charge in [0, 0.05) is 24.3 Å². The molecule has 17 heavy (non-hydrogen) atoms. The molecule has 1 unspecified atom stereocenters. The van der Waals surface area contributed by atoms with Gasteiger partial charge in [-0.15, -0.1) is 0 Å². The molecule has 1 heterocycles. The highest BCUT2D eigenvalue weighted by Crippen LogP contribution is 2.29. The fourth-order valence-electron chi connectivity index (χ4n) is 2.27.